The van der Waals surface area contributed by atoms with Crippen molar-refractivity contribution in [2.45, 2.75) is 37.3 Å². The zero-order valence-electron chi connectivity index (χ0n) is 15.0. The summed E-state index contributed by atoms with van der Waals surface area (Å²) < 4.78 is 6.16. The molecule has 2 aliphatic rings. The Morgan fingerprint density at radius 3 is 2.33 bits per heavy atom. The summed E-state index contributed by atoms with van der Waals surface area (Å²) in [6, 6.07) is 12.6. The van der Waals surface area contributed by atoms with Gasteiger partial charge >= 0.3 is 0 Å². The molecule has 2 nitrogen and oxygen atoms in total. The lowest BCUT2D eigenvalue weighted by atomic mass is 9.76. The van der Waals surface area contributed by atoms with Crippen molar-refractivity contribution in [2.75, 3.05) is 13.7 Å². The van der Waals surface area contributed by atoms with Crippen LogP contribution in [0.25, 0.3) is 0 Å². The van der Waals surface area contributed by atoms with Gasteiger partial charge in [0.2, 0.25) is 0 Å². The molecule has 6 heteroatoms. The van der Waals surface area contributed by atoms with Gasteiger partial charge in [0.25, 0.3) is 0 Å². The highest BCUT2D eigenvalue weighted by molar-refractivity contribution is 6.42. The second-order valence-corrected chi connectivity index (χ2v) is 9.16. The van der Waals surface area contributed by atoms with Gasteiger partial charge in [0, 0.05) is 24.1 Å². The molecule has 2 saturated heterocycles. The normalized spacial score (nSPS) is 27.7. The highest BCUT2D eigenvalue weighted by Gasteiger charge is 2.46. The summed E-state index contributed by atoms with van der Waals surface area (Å²) in [6.45, 7) is 0.630. The molecule has 0 aromatic heterocycles. The highest BCUT2D eigenvalue weighted by atomic mass is 35.5. The predicted molar refractivity (Wildman–Crippen MR) is 114 cm³/mol. The molecular formula is C21H21Cl4NO. The molecule has 2 fully saturated rings. The van der Waals surface area contributed by atoms with Gasteiger partial charge in [-0.15, -0.1) is 0 Å². The lowest BCUT2D eigenvalue weighted by Gasteiger charge is -2.43. The van der Waals surface area contributed by atoms with Crippen LogP contribution in [0.15, 0.2) is 36.4 Å². The van der Waals surface area contributed by atoms with E-state index in [1.807, 2.05) is 18.2 Å². The maximum atomic E-state index is 6.30. The van der Waals surface area contributed by atoms with Crippen LogP contribution in [0.1, 0.15) is 30.7 Å². The van der Waals surface area contributed by atoms with E-state index in [9.17, 15) is 0 Å². The minimum atomic E-state index is 0.375. The molecule has 0 N–H and O–H groups in total. The quantitative estimate of drug-likeness (QED) is 0.505. The van der Waals surface area contributed by atoms with E-state index < -0.39 is 0 Å². The van der Waals surface area contributed by atoms with Crippen LogP contribution in [-0.2, 0) is 0 Å². The molecule has 27 heavy (non-hydrogen) atoms. The van der Waals surface area contributed by atoms with Crippen molar-refractivity contribution in [1.82, 2.24) is 4.90 Å². The van der Waals surface area contributed by atoms with Gasteiger partial charge in [0.05, 0.1) is 26.7 Å². The Bertz CT molecular complexity index is 843. The van der Waals surface area contributed by atoms with Crippen molar-refractivity contribution in [3.63, 3.8) is 0 Å². The summed E-state index contributed by atoms with van der Waals surface area (Å²) in [6.07, 6.45) is 3.55. The average molecular weight is 445 g/mol. The fourth-order valence-corrected chi connectivity index (χ4v) is 5.28. The van der Waals surface area contributed by atoms with Gasteiger partial charge in [-0.05, 0) is 62.1 Å². The topological polar surface area (TPSA) is 12.5 Å². The third-order valence-electron chi connectivity index (χ3n) is 6.14. The first-order valence-corrected chi connectivity index (χ1v) is 10.7. The van der Waals surface area contributed by atoms with Crippen molar-refractivity contribution in [3.8, 4) is 5.75 Å². The first kappa shape index (κ1) is 19.7. The van der Waals surface area contributed by atoms with Crippen LogP contribution >= 0.6 is 46.4 Å². The third kappa shape index (κ3) is 3.93. The molecule has 2 aromatic carbocycles. The summed E-state index contributed by atoms with van der Waals surface area (Å²) in [4.78, 5) is 2.52. The smallest absolute Gasteiger partial charge is 0.120 e. The molecule has 2 aromatic rings. The van der Waals surface area contributed by atoms with E-state index in [0.717, 1.165) is 12.2 Å². The summed E-state index contributed by atoms with van der Waals surface area (Å²) in [5, 5.41) is 2.26. The van der Waals surface area contributed by atoms with E-state index >= 15 is 0 Å². The first-order chi connectivity index (χ1) is 12.9. The van der Waals surface area contributed by atoms with Crippen LogP contribution in [0.5, 0.6) is 5.75 Å². The Balaban J connectivity index is 1.59. The van der Waals surface area contributed by atoms with Crippen molar-refractivity contribution in [3.05, 3.63) is 62.1 Å². The minimum absolute atomic E-state index is 0.375. The number of fused-ring (bicyclic) bond motifs is 2. The summed E-state index contributed by atoms with van der Waals surface area (Å²) in [7, 11) is 2.24. The van der Waals surface area contributed by atoms with E-state index in [1.165, 1.54) is 18.4 Å². The number of nitrogens with zero attached hydrogens (tertiary/aromatic N) is 1. The van der Waals surface area contributed by atoms with Gasteiger partial charge < -0.3 is 9.64 Å². The summed E-state index contributed by atoms with van der Waals surface area (Å²) in [5.74, 6) is 1.52. The van der Waals surface area contributed by atoms with E-state index in [0.29, 0.717) is 50.6 Å². The number of hydrogen-bond acceptors (Lipinski definition) is 2. The Morgan fingerprint density at radius 2 is 1.63 bits per heavy atom. The second kappa shape index (κ2) is 8.00. The molecule has 4 unspecified atom stereocenters. The monoisotopic (exact) mass is 443 g/mol. The molecule has 0 spiro atoms. The third-order valence-corrected chi connectivity index (χ3v) is 7.62. The first-order valence-electron chi connectivity index (χ1n) is 9.18. The van der Waals surface area contributed by atoms with Gasteiger partial charge in [0.1, 0.15) is 5.75 Å². The predicted octanol–water partition coefficient (Wildman–Crippen LogP) is 6.95. The Morgan fingerprint density at radius 1 is 0.926 bits per heavy atom. The second-order valence-electron chi connectivity index (χ2n) is 7.53. The standard InChI is InChI=1S/C21H21Cl4NO/c1-26-13-3-7-21(26)16(11-27-14-4-6-18(23)20(25)10-14)15(9-13)12-2-5-17(22)19(24)8-12/h2,4-6,8,10,13,15-16,21H,3,7,9,11H2,1H3. The summed E-state index contributed by atoms with van der Waals surface area (Å²) >= 11 is 24.6. The Hall–Kier alpha value is -0.640. The van der Waals surface area contributed by atoms with Gasteiger partial charge in [-0.1, -0.05) is 52.5 Å². The van der Waals surface area contributed by atoms with Gasteiger partial charge in [0.15, 0.2) is 0 Å². The lowest BCUT2D eigenvalue weighted by Crippen LogP contribution is -2.47. The van der Waals surface area contributed by atoms with E-state index in [1.54, 1.807) is 12.1 Å². The number of rotatable bonds is 4. The largest absolute Gasteiger partial charge is 0.493 e. The molecular weight excluding hydrogens is 424 g/mol. The number of halogens is 4. The maximum Gasteiger partial charge on any atom is 0.120 e. The van der Waals surface area contributed by atoms with E-state index in [-0.39, 0.29) is 0 Å². The molecule has 0 aliphatic carbocycles. The van der Waals surface area contributed by atoms with Gasteiger partial charge in [-0.3, -0.25) is 0 Å². The van der Waals surface area contributed by atoms with Crippen molar-refractivity contribution >= 4 is 46.4 Å². The molecule has 2 bridgehead atoms. The molecule has 4 atom stereocenters. The minimum Gasteiger partial charge on any atom is -0.493 e. The van der Waals surface area contributed by atoms with E-state index in [2.05, 4.69) is 18.0 Å². The molecule has 2 heterocycles. The molecule has 0 amide bonds. The Labute approximate surface area is 180 Å². The molecule has 144 valence electrons. The number of hydrogen-bond donors (Lipinski definition) is 0. The number of benzene rings is 2. The number of piperidine rings is 1. The van der Waals surface area contributed by atoms with Crippen molar-refractivity contribution in [2.24, 2.45) is 5.92 Å². The summed E-state index contributed by atoms with van der Waals surface area (Å²) in [5.41, 5.74) is 1.25. The maximum absolute atomic E-state index is 6.30. The van der Waals surface area contributed by atoms with Gasteiger partial charge in [-0.2, -0.15) is 0 Å². The molecule has 0 saturated carbocycles. The number of ether oxygens (including phenoxy) is 1. The zero-order chi connectivity index (χ0) is 19.1. The molecule has 0 radical (unpaired) electrons. The van der Waals surface area contributed by atoms with Crippen LogP contribution in [0.4, 0.5) is 0 Å². The Kier molecular flexibility index (Phi) is 5.83. The van der Waals surface area contributed by atoms with Crippen LogP contribution in [-0.4, -0.2) is 30.6 Å². The highest BCUT2D eigenvalue weighted by Crippen LogP contribution is 2.47. The van der Waals surface area contributed by atoms with Crippen LogP contribution < -0.4 is 4.74 Å². The fourth-order valence-electron chi connectivity index (χ4n) is 4.69. The van der Waals surface area contributed by atoms with Crippen LogP contribution in [0, 0.1) is 5.92 Å². The van der Waals surface area contributed by atoms with Crippen molar-refractivity contribution < 1.29 is 4.74 Å². The lowest BCUT2D eigenvalue weighted by molar-refractivity contribution is 0.0666. The van der Waals surface area contributed by atoms with E-state index in [4.69, 9.17) is 51.1 Å². The molecule has 4 rings (SSSR count). The average Bonchev–Trinajstić information content (AvgIpc) is 2.88. The van der Waals surface area contributed by atoms with Gasteiger partial charge in [-0.25, -0.2) is 0 Å². The van der Waals surface area contributed by atoms with Crippen molar-refractivity contribution in [1.29, 1.82) is 0 Å². The SMILES string of the molecule is CN1C2CCC1C(COc1ccc(Cl)c(Cl)c1)C(c1ccc(Cl)c(Cl)c1)C2. The fraction of sp³-hybridized carbons (Fsp3) is 0.429. The zero-order valence-corrected chi connectivity index (χ0v) is 18.0. The van der Waals surface area contributed by atoms with Crippen LogP contribution in [0.2, 0.25) is 20.1 Å². The molecule has 2 aliphatic heterocycles. The van der Waals surface area contributed by atoms with Crippen LogP contribution in [0.3, 0.4) is 0 Å².